The molecule has 210 valence electrons. The lowest BCUT2D eigenvalue weighted by Crippen LogP contribution is -2.25. The molecule has 2 aliphatic carbocycles. The Morgan fingerprint density at radius 3 is 1.97 bits per heavy atom. The summed E-state index contributed by atoms with van der Waals surface area (Å²) >= 11 is 0. The van der Waals surface area contributed by atoms with Crippen LogP contribution in [-0.2, 0) is 10.2 Å². The summed E-state index contributed by atoms with van der Waals surface area (Å²) in [6, 6.07) is 19.1. The Bertz CT molecular complexity index is 1060. The molecule has 2 aliphatic rings. The van der Waals surface area contributed by atoms with Gasteiger partial charge in [0.2, 0.25) is 0 Å². The fourth-order valence-electron chi connectivity index (χ4n) is 6.65. The Morgan fingerprint density at radius 2 is 1.36 bits per heavy atom. The van der Waals surface area contributed by atoms with Crippen LogP contribution in [0.25, 0.3) is 11.1 Å². The number of ether oxygens (including phenoxy) is 1. The molecular formula is C36H49NO2. The van der Waals surface area contributed by atoms with Crippen LogP contribution >= 0.6 is 0 Å². The normalized spacial score (nSPS) is 24.2. The Balaban J connectivity index is 1.23. The Labute approximate surface area is 237 Å². The van der Waals surface area contributed by atoms with Gasteiger partial charge in [0.1, 0.15) is 5.75 Å². The van der Waals surface area contributed by atoms with Crippen LogP contribution in [0.4, 0.5) is 0 Å². The molecule has 0 unspecified atom stereocenters. The summed E-state index contributed by atoms with van der Waals surface area (Å²) in [5.41, 5.74) is 3.10. The molecule has 2 atom stereocenters. The van der Waals surface area contributed by atoms with E-state index in [1.54, 1.807) is 0 Å². The third kappa shape index (κ3) is 7.97. The molecule has 3 heteroatoms. The summed E-state index contributed by atoms with van der Waals surface area (Å²) in [4.78, 5) is 12.8. The number of benzene rings is 2. The highest BCUT2D eigenvalue weighted by atomic mass is 16.5. The molecule has 0 heterocycles. The molecule has 2 saturated carbocycles. The van der Waals surface area contributed by atoms with E-state index in [4.69, 9.17) is 4.74 Å². The number of esters is 1. The summed E-state index contributed by atoms with van der Waals surface area (Å²) in [5.74, 6) is 1.90. The van der Waals surface area contributed by atoms with Crippen molar-refractivity contribution in [3.8, 4) is 22.9 Å². The van der Waals surface area contributed by atoms with E-state index in [-0.39, 0.29) is 17.3 Å². The lowest BCUT2D eigenvalue weighted by atomic mass is 9.80. The molecule has 39 heavy (non-hydrogen) atoms. The maximum absolute atomic E-state index is 12.8. The van der Waals surface area contributed by atoms with Crippen LogP contribution in [-0.4, -0.2) is 5.97 Å². The minimum absolute atomic E-state index is 0.0407. The molecule has 0 radical (unpaired) electrons. The quantitative estimate of drug-likeness (QED) is 0.131. The van der Waals surface area contributed by atoms with Gasteiger partial charge >= 0.3 is 5.97 Å². The van der Waals surface area contributed by atoms with E-state index in [1.807, 2.05) is 24.3 Å². The average Bonchev–Trinajstić information content (AvgIpc) is 3.70. The summed E-state index contributed by atoms with van der Waals surface area (Å²) in [5, 5.41) is 9.95. The average molecular weight is 528 g/mol. The lowest BCUT2D eigenvalue weighted by molar-refractivity contribution is -0.140. The zero-order valence-corrected chi connectivity index (χ0v) is 24.4. The maximum Gasteiger partial charge on any atom is 0.314 e. The molecule has 2 aromatic rings. The number of carbonyl (C=O) groups is 1. The number of carbonyl (C=O) groups excluding carboxylic acids is 1. The molecular weight excluding hydrogens is 478 g/mol. The Kier molecular flexibility index (Phi) is 11.1. The standard InChI is InChI=1S/C36H49NO2/c1-3-5-7-9-10-12-28-14-16-31(17-15-28)35(38)39-34-24-20-30(21-25-34)29-18-22-32(23-19-29)36(27-37)26-33(36)13-11-8-6-4-2/h18-25,28,31,33H,3-17,26H2,1-2H3/t28-,31-,33-,36-/m0/s1. The second-order valence-corrected chi connectivity index (χ2v) is 12.3. The molecule has 4 rings (SSSR count). The molecule has 2 aromatic carbocycles. The van der Waals surface area contributed by atoms with Crippen LogP contribution < -0.4 is 4.74 Å². The largest absolute Gasteiger partial charge is 0.426 e. The number of nitrogens with zero attached hydrogens (tertiary/aromatic N) is 1. The Morgan fingerprint density at radius 1 is 0.795 bits per heavy atom. The second kappa shape index (κ2) is 14.7. The van der Waals surface area contributed by atoms with Gasteiger partial charge < -0.3 is 4.74 Å². The summed E-state index contributed by atoms with van der Waals surface area (Å²) in [7, 11) is 0. The van der Waals surface area contributed by atoms with Crippen LogP contribution in [0.2, 0.25) is 0 Å². The number of unbranched alkanes of at least 4 members (excludes halogenated alkanes) is 7. The second-order valence-electron chi connectivity index (χ2n) is 12.3. The number of hydrogen-bond donors (Lipinski definition) is 0. The van der Waals surface area contributed by atoms with Crippen molar-refractivity contribution in [2.24, 2.45) is 17.8 Å². The van der Waals surface area contributed by atoms with Crippen LogP contribution in [0, 0.1) is 29.1 Å². The zero-order chi connectivity index (χ0) is 27.5. The van der Waals surface area contributed by atoms with Crippen molar-refractivity contribution in [1.29, 1.82) is 5.26 Å². The van der Waals surface area contributed by atoms with E-state index >= 15 is 0 Å². The molecule has 0 bridgehead atoms. The van der Waals surface area contributed by atoms with Gasteiger partial charge in [-0.25, -0.2) is 0 Å². The van der Waals surface area contributed by atoms with Crippen molar-refractivity contribution in [3.05, 3.63) is 54.1 Å². The van der Waals surface area contributed by atoms with Gasteiger partial charge in [0.05, 0.1) is 17.4 Å². The summed E-state index contributed by atoms with van der Waals surface area (Å²) in [6.07, 6.45) is 19.5. The molecule has 3 nitrogen and oxygen atoms in total. The summed E-state index contributed by atoms with van der Waals surface area (Å²) in [6.45, 7) is 4.50. The molecule has 0 aromatic heterocycles. The van der Waals surface area contributed by atoms with Crippen molar-refractivity contribution in [2.45, 2.75) is 122 Å². The maximum atomic E-state index is 12.8. The van der Waals surface area contributed by atoms with Gasteiger partial charge in [-0.1, -0.05) is 114 Å². The van der Waals surface area contributed by atoms with Gasteiger partial charge in [0.15, 0.2) is 0 Å². The van der Waals surface area contributed by atoms with Gasteiger partial charge in [0.25, 0.3) is 0 Å². The number of nitriles is 1. The van der Waals surface area contributed by atoms with E-state index in [1.165, 1.54) is 64.2 Å². The highest BCUT2D eigenvalue weighted by Crippen LogP contribution is 2.56. The molecule has 0 N–H and O–H groups in total. The van der Waals surface area contributed by atoms with Crippen LogP contribution in [0.15, 0.2) is 48.5 Å². The molecule has 2 fully saturated rings. The molecule has 0 aliphatic heterocycles. The first kappa shape index (κ1) is 29.4. The van der Waals surface area contributed by atoms with Crippen LogP contribution in [0.3, 0.4) is 0 Å². The topological polar surface area (TPSA) is 50.1 Å². The van der Waals surface area contributed by atoms with Crippen molar-refractivity contribution in [3.63, 3.8) is 0 Å². The SMILES string of the molecule is CCCCCCC[C@H]1CC[C@H](C(=O)Oc2ccc(-c3ccc([C@@]4(C#N)C[C@@H]4CCCCCC)cc3)cc2)CC1. The first-order chi connectivity index (χ1) is 19.1. The van der Waals surface area contributed by atoms with Crippen LogP contribution in [0.5, 0.6) is 5.75 Å². The lowest BCUT2D eigenvalue weighted by Gasteiger charge is -2.27. The first-order valence-corrected chi connectivity index (χ1v) is 15.9. The summed E-state index contributed by atoms with van der Waals surface area (Å²) < 4.78 is 5.78. The number of hydrogen-bond acceptors (Lipinski definition) is 3. The van der Waals surface area contributed by atoms with Crippen molar-refractivity contribution < 1.29 is 9.53 Å². The predicted octanol–water partition coefficient (Wildman–Crippen LogP) is 10.2. The van der Waals surface area contributed by atoms with Gasteiger partial charge in [-0.2, -0.15) is 5.26 Å². The zero-order valence-electron chi connectivity index (χ0n) is 24.4. The van der Waals surface area contributed by atoms with Gasteiger partial charge in [-0.3, -0.25) is 4.79 Å². The van der Waals surface area contributed by atoms with Crippen molar-refractivity contribution in [2.75, 3.05) is 0 Å². The van der Waals surface area contributed by atoms with E-state index in [0.717, 1.165) is 61.1 Å². The molecule has 0 amide bonds. The smallest absolute Gasteiger partial charge is 0.314 e. The van der Waals surface area contributed by atoms with Crippen molar-refractivity contribution >= 4 is 5.97 Å². The third-order valence-corrected chi connectivity index (χ3v) is 9.41. The first-order valence-electron chi connectivity index (χ1n) is 15.9. The fourth-order valence-corrected chi connectivity index (χ4v) is 6.65. The minimum Gasteiger partial charge on any atom is -0.426 e. The van der Waals surface area contributed by atoms with E-state index in [9.17, 15) is 10.1 Å². The van der Waals surface area contributed by atoms with Crippen molar-refractivity contribution in [1.82, 2.24) is 0 Å². The molecule has 0 spiro atoms. The minimum atomic E-state index is -0.281. The van der Waals surface area contributed by atoms with E-state index < -0.39 is 0 Å². The van der Waals surface area contributed by atoms with Gasteiger partial charge in [-0.05, 0) is 79.2 Å². The van der Waals surface area contributed by atoms with Gasteiger partial charge in [0, 0.05) is 0 Å². The molecule has 0 saturated heterocycles. The Hall–Kier alpha value is -2.60. The van der Waals surface area contributed by atoms with E-state index in [0.29, 0.717) is 11.7 Å². The highest BCUT2D eigenvalue weighted by molar-refractivity contribution is 5.75. The predicted molar refractivity (Wildman–Crippen MR) is 160 cm³/mol. The van der Waals surface area contributed by atoms with Gasteiger partial charge in [-0.15, -0.1) is 0 Å². The third-order valence-electron chi connectivity index (χ3n) is 9.41. The monoisotopic (exact) mass is 527 g/mol. The number of rotatable bonds is 15. The van der Waals surface area contributed by atoms with Crippen LogP contribution in [0.1, 0.15) is 122 Å². The van der Waals surface area contributed by atoms with E-state index in [2.05, 4.69) is 44.2 Å². The fraction of sp³-hybridized carbons (Fsp3) is 0.611. The highest BCUT2D eigenvalue weighted by Gasteiger charge is 2.55.